The van der Waals surface area contributed by atoms with E-state index in [0.717, 1.165) is 5.56 Å². The van der Waals surface area contributed by atoms with Gasteiger partial charge in [-0.25, -0.2) is 4.98 Å². The zero-order chi connectivity index (χ0) is 21.3. The maximum absolute atomic E-state index is 12.3. The molecule has 0 saturated heterocycles. The Morgan fingerprint density at radius 1 is 0.967 bits per heavy atom. The fourth-order valence-electron chi connectivity index (χ4n) is 2.58. The molecule has 0 radical (unpaired) electrons. The topological polar surface area (TPSA) is 100 Å². The number of anilines is 3. The molecule has 0 fully saturated rings. The second-order valence-electron chi connectivity index (χ2n) is 6.36. The largest absolute Gasteiger partial charge is 0.326 e. The van der Waals surface area contributed by atoms with E-state index < -0.39 is 0 Å². The summed E-state index contributed by atoms with van der Waals surface area (Å²) in [4.78, 5) is 39.7. The van der Waals surface area contributed by atoms with Crippen molar-refractivity contribution in [2.45, 2.75) is 13.3 Å². The van der Waals surface area contributed by atoms with Crippen LogP contribution in [-0.2, 0) is 20.8 Å². The van der Waals surface area contributed by atoms with Gasteiger partial charge in [-0.2, -0.15) is 0 Å². The average Bonchev–Trinajstić information content (AvgIpc) is 3.13. The molecule has 1 aromatic heterocycles. The van der Waals surface area contributed by atoms with Gasteiger partial charge in [0.25, 0.3) is 0 Å². The molecule has 0 aliphatic rings. The van der Waals surface area contributed by atoms with E-state index in [0.29, 0.717) is 22.2 Å². The van der Waals surface area contributed by atoms with E-state index in [1.165, 1.54) is 24.3 Å². The third-order valence-electron chi connectivity index (χ3n) is 3.82. The highest BCUT2D eigenvalue weighted by atomic mass is 32.1. The van der Waals surface area contributed by atoms with Gasteiger partial charge in [0, 0.05) is 29.8 Å². The number of nitrogens with one attached hydrogen (secondary N) is 3. The molecule has 0 saturated carbocycles. The molecule has 0 bridgehead atoms. The second kappa shape index (κ2) is 10.1. The maximum atomic E-state index is 12.3. The van der Waals surface area contributed by atoms with Crippen molar-refractivity contribution in [3.63, 3.8) is 0 Å². The Hall–Kier alpha value is -3.78. The lowest BCUT2D eigenvalue weighted by molar-refractivity contribution is -0.116. The fourth-order valence-corrected chi connectivity index (χ4v) is 3.29. The predicted octanol–water partition coefficient (Wildman–Crippen LogP) is 3.93. The molecule has 7 nitrogen and oxygen atoms in total. The van der Waals surface area contributed by atoms with Crippen molar-refractivity contribution in [2.24, 2.45) is 0 Å². The van der Waals surface area contributed by atoms with Crippen LogP contribution < -0.4 is 16.0 Å². The molecule has 3 rings (SSSR count). The molecular formula is C22H20N4O3S. The summed E-state index contributed by atoms with van der Waals surface area (Å²) < 4.78 is 0. The first kappa shape index (κ1) is 20.9. The monoisotopic (exact) mass is 420 g/mol. The van der Waals surface area contributed by atoms with Crippen LogP contribution in [0.1, 0.15) is 18.2 Å². The lowest BCUT2D eigenvalue weighted by atomic mass is 10.2. The fraction of sp³-hybridized carbons (Fsp3) is 0.0909. The zero-order valence-corrected chi connectivity index (χ0v) is 17.0. The Bertz CT molecular complexity index is 1080. The molecule has 30 heavy (non-hydrogen) atoms. The first-order chi connectivity index (χ1) is 14.5. The van der Waals surface area contributed by atoms with Crippen molar-refractivity contribution in [1.29, 1.82) is 0 Å². The second-order valence-corrected chi connectivity index (χ2v) is 7.22. The smallest absolute Gasteiger partial charge is 0.250 e. The molecule has 2 aromatic carbocycles. The van der Waals surface area contributed by atoms with Crippen LogP contribution in [0.2, 0.25) is 0 Å². The van der Waals surface area contributed by atoms with Crippen LogP contribution >= 0.6 is 11.3 Å². The Morgan fingerprint density at radius 2 is 1.70 bits per heavy atom. The van der Waals surface area contributed by atoms with Gasteiger partial charge in [0.15, 0.2) is 5.13 Å². The van der Waals surface area contributed by atoms with Crippen LogP contribution in [0.4, 0.5) is 16.5 Å². The normalized spacial score (nSPS) is 10.6. The van der Waals surface area contributed by atoms with Crippen molar-refractivity contribution < 1.29 is 14.4 Å². The summed E-state index contributed by atoms with van der Waals surface area (Å²) in [5, 5.41) is 10.3. The molecule has 3 amide bonds. The number of benzene rings is 2. The highest BCUT2D eigenvalue weighted by molar-refractivity contribution is 7.14. The number of carbonyl (C=O) groups excluding carboxylic acids is 3. The number of hydrogen-bond acceptors (Lipinski definition) is 5. The van der Waals surface area contributed by atoms with Gasteiger partial charge in [-0.3, -0.25) is 19.7 Å². The quantitative estimate of drug-likeness (QED) is 0.504. The zero-order valence-electron chi connectivity index (χ0n) is 16.2. The van der Waals surface area contributed by atoms with E-state index in [9.17, 15) is 14.4 Å². The number of rotatable bonds is 7. The minimum absolute atomic E-state index is 0.0661. The van der Waals surface area contributed by atoms with Gasteiger partial charge in [0.2, 0.25) is 17.7 Å². The highest BCUT2D eigenvalue weighted by Gasteiger charge is 2.10. The van der Waals surface area contributed by atoms with Crippen molar-refractivity contribution in [1.82, 2.24) is 4.98 Å². The lowest BCUT2D eigenvalue weighted by Gasteiger charge is -2.07. The van der Waals surface area contributed by atoms with Gasteiger partial charge in [-0.15, -0.1) is 11.3 Å². The lowest BCUT2D eigenvalue weighted by Crippen LogP contribution is -2.15. The number of amides is 3. The van der Waals surface area contributed by atoms with Gasteiger partial charge >= 0.3 is 0 Å². The highest BCUT2D eigenvalue weighted by Crippen LogP contribution is 2.18. The van der Waals surface area contributed by atoms with Crippen molar-refractivity contribution in [2.75, 3.05) is 16.0 Å². The third kappa shape index (κ3) is 6.68. The Morgan fingerprint density at radius 3 is 2.43 bits per heavy atom. The van der Waals surface area contributed by atoms with Crippen molar-refractivity contribution >= 4 is 51.6 Å². The molecule has 0 spiro atoms. The predicted molar refractivity (Wildman–Crippen MR) is 119 cm³/mol. The average molecular weight is 420 g/mol. The van der Waals surface area contributed by atoms with E-state index in [2.05, 4.69) is 20.9 Å². The molecule has 1 heterocycles. The Labute approximate surface area is 177 Å². The summed E-state index contributed by atoms with van der Waals surface area (Å²) in [5.74, 6) is -0.727. The minimum atomic E-state index is -0.293. The standard InChI is InChI=1S/C22H20N4O3S/c1-15(27)23-17-8-5-9-18(12-17)24-21(29)13-19-14-30-22(25-19)26-20(28)11-10-16-6-3-2-4-7-16/h2-12,14H,13H2,1H3,(H,23,27)(H,24,29)(H,25,26,28)/b11-10+. The molecular weight excluding hydrogens is 400 g/mol. The summed E-state index contributed by atoms with van der Waals surface area (Å²) >= 11 is 1.25. The molecule has 8 heteroatoms. The molecule has 3 aromatic rings. The van der Waals surface area contributed by atoms with E-state index in [4.69, 9.17) is 0 Å². The molecule has 0 aliphatic carbocycles. The van der Waals surface area contributed by atoms with E-state index in [1.54, 1.807) is 35.7 Å². The van der Waals surface area contributed by atoms with Crippen LogP contribution in [0.3, 0.4) is 0 Å². The van der Waals surface area contributed by atoms with Crippen LogP contribution in [0.25, 0.3) is 6.08 Å². The summed E-state index contributed by atoms with van der Waals surface area (Å²) in [6.45, 7) is 1.42. The summed E-state index contributed by atoms with van der Waals surface area (Å²) in [6.07, 6.45) is 3.22. The van der Waals surface area contributed by atoms with Gasteiger partial charge in [-0.05, 0) is 29.8 Å². The van der Waals surface area contributed by atoms with Crippen LogP contribution in [0, 0.1) is 0 Å². The van der Waals surface area contributed by atoms with Crippen LogP contribution in [0.15, 0.2) is 66.1 Å². The van der Waals surface area contributed by atoms with Crippen LogP contribution in [0.5, 0.6) is 0 Å². The van der Waals surface area contributed by atoms with Crippen molar-refractivity contribution in [3.05, 3.63) is 77.3 Å². The number of aromatic nitrogens is 1. The van der Waals surface area contributed by atoms with Crippen LogP contribution in [-0.4, -0.2) is 22.7 Å². The molecule has 0 atom stereocenters. The Kier molecular flexibility index (Phi) is 7.07. The number of hydrogen-bond donors (Lipinski definition) is 3. The first-order valence-electron chi connectivity index (χ1n) is 9.14. The summed E-state index contributed by atoms with van der Waals surface area (Å²) in [6, 6.07) is 16.4. The summed E-state index contributed by atoms with van der Waals surface area (Å²) in [7, 11) is 0. The number of thiazole rings is 1. The van der Waals surface area contributed by atoms with E-state index in [-0.39, 0.29) is 24.1 Å². The third-order valence-corrected chi connectivity index (χ3v) is 4.62. The Balaban J connectivity index is 1.52. The van der Waals surface area contributed by atoms with Gasteiger partial charge in [0.05, 0.1) is 12.1 Å². The first-order valence-corrected chi connectivity index (χ1v) is 10.0. The summed E-state index contributed by atoms with van der Waals surface area (Å²) in [5.41, 5.74) is 2.65. The van der Waals surface area contributed by atoms with Gasteiger partial charge in [-0.1, -0.05) is 36.4 Å². The van der Waals surface area contributed by atoms with E-state index >= 15 is 0 Å². The SMILES string of the molecule is CC(=O)Nc1cccc(NC(=O)Cc2csc(NC(=O)/C=C/c3ccccc3)n2)c1. The minimum Gasteiger partial charge on any atom is -0.326 e. The molecule has 3 N–H and O–H groups in total. The van der Waals surface area contributed by atoms with E-state index in [1.807, 2.05) is 30.3 Å². The molecule has 0 aliphatic heterocycles. The molecule has 152 valence electrons. The number of carbonyl (C=O) groups is 3. The van der Waals surface area contributed by atoms with Gasteiger partial charge < -0.3 is 10.6 Å². The van der Waals surface area contributed by atoms with Crippen molar-refractivity contribution in [3.8, 4) is 0 Å². The maximum Gasteiger partial charge on any atom is 0.250 e. The molecule has 0 unspecified atom stereocenters. The number of nitrogens with zero attached hydrogens (tertiary/aromatic N) is 1. The van der Waals surface area contributed by atoms with Gasteiger partial charge in [0.1, 0.15) is 0 Å².